The van der Waals surface area contributed by atoms with Crippen molar-refractivity contribution in [2.45, 2.75) is 26.4 Å². The molecule has 2 amide bonds. The number of piperazine rings is 1. The zero-order chi connectivity index (χ0) is 18.0. The molecule has 6 heteroatoms. The molecule has 0 bridgehead atoms. The van der Waals surface area contributed by atoms with E-state index in [-0.39, 0.29) is 11.8 Å². The molecule has 2 heterocycles. The number of hydrogen-bond acceptors (Lipinski definition) is 4. The van der Waals surface area contributed by atoms with E-state index < -0.39 is 0 Å². The summed E-state index contributed by atoms with van der Waals surface area (Å²) in [7, 11) is 0. The van der Waals surface area contributed by atoms with E-state index in [1.165, 1.54) is 5.56 Å². The molecule has 136 valence electrons. The van der Waals surface area contributed by atoms with Crippen LogP contribution in [0.3, 0.4) is 0 Å². The second kappa shape index (κ2) is 7.54. The maximum absolute atomic E-state index is 11.5. The lowest BCUT2D eigenvalue weighted by Gasteiger charge is -2.39. The zero-order valence-electron chi connectivity index (χ0n) is 15.1. The standard InChI is InChI=1S/C19H28N4O2/c1-14-11-21(12-16-3-5-17(6-4-16)19(20)25)13-18(14)23-9-7-22(8-10-23)15(2)24/h3-6,14,18H,7-13H2,1-2H3,(H2,20,25)/t14-,18-/m0/s1. The van der Waals surface area contributed by atoms with E-state index in [1.54, 1.807) is 19.1 Å². The van der Waals surface area contributed by atoms with Crippen LogP contribution in [0.4, 0.5) is 0 Å². The largest absolute Gasteiger partial charge is 0.366 e. The SMILES string of the molecule is CC(=O)N1CCN([C@H]2CN(Cc3ccc(C(N)=O)cc3)C[C@@H]2C)CC1. The van der Waals surface area contributed by atoms with Crippen molar-refractivity contribution < 1.29 is 9.59 Å². The number of likely N-dealkylation sites (tertiary alicyclic amines) is 1. The Labute approximate surface area is 149 Å². The van der Waals surface area contributed by atoms with Gasteiger partial charge in [0.15, 0.2) is 0 Å². The molecule has 0 radical (unpaired) electrons. The second-order valence-electron chi connectivity index (χ2n) is 7.34. The Hall–Kier alpha value is -1.92. The third kappa shape index (κ3) is 4.19. The number of rotatable bonds is 4. The topological polar surface area (TPSA) is 69.9 Å². The van der Waals surface area contributed by atoms with Gasteiger partial charge in [-0.15, -0.1) is 0 Å². The van der Waals surface area contributed by atoms with Gasteiger partial charge in [-0.2, -0.15) is 0 Å². The van der Waals surface area contributed by atoms with Crippen LogP contribution >= 0.6 is 0 Å². The van der Waals surface area contributed by atoms with Crippen molar-refractivity contribution in [1.82, 2.24) is 14.7 Å². The normalized spacial score (nSPS) is 25.3. The van der Waals surface area contributed by atoms with Crippen molar-refractivity contribution in [3.63, 3.8) is 0 Å². The van der Waals surface area contributed by atoms with Gasteiger partial charge in [-0.25, -0.2) is 0 Å². The lowest BCUT2D eigenvalue weighted by molar-refractivity contribution is -0.130. The molecule has 0 unspecified atom stereocenters. The fourth-order valence-corrected chi connectivity index (χ4v) is 4.05. The van der Waals surface area contributed by atoms with Crippen LogP contribution in [0.1, 0.15) is 29.8 Å². The average molecular weight is 344 g/mol. The van der Waals surface area contributed by atoms with Crippen molar-refractivity contribution in [1.29, 1.82) is 0 Å². The first-order valence-electron chi connectivity index (χ1n) is 9.04. The molecule has 1 aromatic carbocycles. The van der Waals surface area contributed by atoms with Crippen LogP contribution in [-0.4, -0.2) is 71.8 Å². The van der Waals surface area contributed by atoms with Gasteiger partial charge in [0, 0.05) is 64.3 Å². The minimum atomic E-state index is -0.383. The summed E-state index contributed by atoms with van der Waals surface area (Å²) in [4.78, 5) is 29.6. The Balaban J connectivity index is 1.54. The van der Waals surface area contributed by atoms with Gasteiger partial charge < -0.3 is 10.6 Å². The number of carbonyl (C=O) groups is 2. The first-order chi connectivity index (χ1) is 11.9. The highest BCUT2D eigenvalue weighted by Gasteiger charge is 2.35. The number of benzene rings is 1. The number of primary amides is 1. The lowest BCUT2D eigenvalue weighted by atomic mass is 10.0. The summed E-state index contributed by atoms with van der Waals surface area (Å²) in [6, 6.07) is 8.14. The summed E-state index contributed by atoms with van der Waals surface area (Å²) >= 11 is 0. The van der Waals surface area contributed by atoms with Crippen LogP contribution in [-0.2, 0) is 11.3 Å². The van der Waals surface area contributed by atoms with E-state index in [4.69, 9.17) is 5.73 Å². The van der Waals surface area contributed by atoms with E-state index in [2.05, 4.69) is 16.7 Å². The molecule has 2 aliphatic rings. The Bertz CT molecular complexity index is 623. The highest BCUT2D eigenvalue weighted by molar-refractivity contribution is 5.92. The van der Waals surface area contributed by atoms with Gasteiger partial charge in [-0.1, -0.05) is 19.1 Å². The van der Waals surface area contributed by atoms with Crippen molar-refractivity contribution in [2.75, 3.05) is 39.3 Å². The van der Waals surface area contributed by atoms with Crippen LogP contribution in [0.15, 0.2) is 24.3 Å². The molecule has 2 aliphatic heterocycles. The van der Waals surface area contributed by atoms with E-state index in [0.29, 0.717) is 17.5 Å². The van der Waals surface area contributed by atoms with Crippen molar-refractivity contribution in [3.8, 4) is 0 Å². The number of carbonyl (C=O) groups excluding carboxylic acids is 2. The Morgan fingerprint density at radius 1 is 1.08 bits per heavy atom. The van der Waals surface area contributed by atoms with Gasteiger partial charge in [0.05, 0.1) is 0 Å². The Morgan fingerprint density at radius 2 is 1.72 bits per heavy atom. The predicted octanol–water partition coefficient (Wildman–Crippen LogP) is 0.770. The summed E-state index contributed by atoms with van der Waals surface area (Å²) in [5, 5.41) is 0. The molecule has 0 spiro atoms. The quantitative estimate of drug-likeness (QED) is 0.876. The molecule has 2 atom stereocenters. The molecular weight excluding hydrogens is 316 g/mol. The minimum absolute atomic E-state index is 0.181. The van der Waals surface area contributed by atoms with Crippen LogP contribution < -0.4 is 5.73 Å². The van der Waals surface area contributed by atoms with Gasteiger partial charge >= 0.3 is 0 Å². The maximum atomic E-state index is 11.5. The lowest BCUT2D eigenvalue weighted by Crippen LogP contribution is -2.53. The van der Waals surface area contributed by atoms with Gasteiger partial charge in [-0.05, 0) is 23.6 Å². The monoisotopic (exact) mass is 344 g/mol. The average Bonchev–Trinajstić information content (AvgIpc) is 2.95. The number of amides is 2. The second-order valence-corrected chi connectivity index (χ2v) is 7.34. The molecule has 25 heavy (non-hydrogen) atoms. The molecule has 0 aliphatic carbocycles. The third-order valence-corrected chi connectivity index (χ3v) is 5.52. The van der Waals surface area contributed by atoms with Crippen molar-refractivity contribution >= 4 is 11.8 Å². The van der Waals surface area contributed by atoms with Crippen LogP contribution in [0.25, 0.3) is 0 Å². The van der Waals surface area contributed by atoms with Crippen molar-refractivity contribution in [3.05, 3.63) is 35.4 Å². The molecule has 6 nitrogen and oxygen atoms in total. The van der Waals surface area contributed by atoms with Crippen LogP contribution in [0.2, 0.25) is 0 Å². The van der Waals surface area contributed by atoms with Crippen LogP contribution in [0.5, 0.6) is 0 Å². The maximum Gasteiger partial charge on any atom is 0.248 e. The van der Waals surface area contributed by atoms with Gasteiger partial charge in [0.2, 0.25) is 11.8 Å². The molecule has 0 saturated carbocycles. The third-order valence-electron chi connectivity index (χ3n) is 5.52. The van der Waals surface area contributed by atoms with E-state index in [1.807, 2.05) is 17.0 Å². The van der Waals surface area contributed by atoms with Crippen molar-refractivity contribution in [2.24, 2.45) is 11.7 Å². The number of nitrogens with two attached hydrogens (primary N) is 1. The van der Waals surface area contributed by atoms with Crippen LogP contribution in [0, 0.1) is 5.92 Å². The minimum Gasteiger partial charge on any atom is -0.366 e. The van der Waals surface area contributed by atoms with Gasteiger partial charge in [0.1, 0.15) is 0 Å². The summed E-state index contributed by atoms with van der Waals surface area (Å²) < 4.78 is 0. The van der Waals surface area contributed by atoms with Gasteiger partial charge in [0.25, 0.3) is 0 Å². The molecule has 3 rings (SSSR count). The summed E-state index contributed by atoms with van der Waals surface area (Å²) in [5.41, 5.74) is 7.06. The number of nitrogens with zero attached hydrogens (tertiary/aromatic N) is 3. The first kappa shape index (κ1) is 17.9. The van der Waals surface area contributed by atoms with E-state index >= 15 is 0 Å². The zero-order valence-corrected chi connectivity index (χ0v) is 15.1. The fraction of sp³-hybridized carbons (Fsp3) is 0.579. The predicted molar refractivity (Wildman–Crippen MR) is 97.0 cm³/mol. The summed E-state index contributed by atoms with van der Waals surface area (Å²) in [6.07, 6.45) is 0. The molecule has 2 N–H and O–H groups in total. The smallest absolute Gasteiger partial charge is 0.248 e. The highest BCUT2D eigenvalue weighted by Crippen LogP contribution is 2.24. The number of hydrogen-bond donors (Lipinski definition) is 1. The fourth-order valence-electron chi connectivity index (χ4n) is 4.05. The van der Waals surface area contributed by atoms with E-state index in [0.717, 1.165) is 45.8 Å². The molecular formula is C19H28N4O2. The molecule has 0 aromatic heterocycles. The highest BCUT2D eigenvalue weighted by atomic mass is 16.2. The molecule has 1 aromatic rings. The Morgan fingerprint density at radius 3 is 2.28 bits per heavy atom. The van der Waals surface area contributed by atoms with E-state index in [9.17, 15) is 9.59 Å². The summed E-state index contributed by atoms with van der Waals surface area (Å²) in [5.74, 6) is 0.417. The van der Waals surface area contributed by atoms with Gasteiger partial charge in [-0.3, -0.25) is 19.4 Å². The Kier molecular flexibility index (Phi) is 5.39. The first-order valence-corrected chi connectivity index (χ1v) is 9.04. The molecule has 2 saturated heterocycles. The molecule has 2 fully saturated rings. The summed E-state index contributed by atoms with van der Waals surface area (Å²) in [6.45, 7) is 10.6.